The summed E-state index contributed by atoms with van der Waals surface area (Å²) >= 11 is 12.4. The average Bonchev–Trinajstić information content (AvgIpc) is 2.97. The molecule has 3 N–H and O–H groups in total. The first-order valence-corrected chi connectivity index (χ1v) is 9.79. The van der Waals surface area contributed by atoms with Crippen LogP contribution in [0.1, 0.15) is 31.2 Å². The Bertz CT molecular complexity index is 921. The Morgan fingerprint density at radius 3 is 2.73 bits per heavy atom. The molecule has 0 radical (unpaired) electrons. The number of anilines is 1. The largest absolute Gasteiger partial charge is 0.351 e. The summed E-state index contributed by atoms with van der Waals surface area (Å²) in [6.07, 6.45) is 4.54. The molecule has 4 rings (SSSR count). The summed E-state index contributed by atoms with van der Waals surface area (Å²) in [6.45, 7) is 0.626. The summed E-state index contributed by atoms with van der Waals surface area (Å²) in [4.78, 5) is 4.81. The third kappa shape index (κ3) is 3.54. The molecule has 0 aliphatic heterocycles. The molecule has 1 saturated carbocycles. The molecule has 0 spiro atoms. The fraction of sp³-hybridized carbons (Fsp3) is 0.350. The number of nitrogens with zero attached hydrogens (tertiary/aromatic N) is 2. The second kappa shape index (κ2) is 7.47. The van der Waals surface area contributed by atoms with Crippen molar-refractivity contribution in [3.63, 3.8) is 0 Å². The first-order valence-electron chi connectivity index (χ1n) is 9.03. The number of benzene rings is 2. The molecule has 136 valence electrons. The third-order valence-electron chi connectivity index (χ3n) is 5.13. The minimum atomic E-state index is 0.163. The standard InChI is InChI=1S/C20H22Cl2N4/c21-14-10-9-13(15(22)11-14)12-26-19-8-4-3-7-18(19)25-20(26)24-17-6-2-1-5-16(17)23/h3-4,7-11,16-17H,1-2,5-6,12,23H2,(H,24,25)/t16-,17+/m1/s1. The highest BCUT2D eigenvalue weighted by Crippen LogP contribution is 2.28. The van der Waals surface area contributed by atoms with Gasteiger partial charge in [0, 0.05) is 22.1 Å². The molecule has 0 saturated heterocycles. The Hall–Kier alpha value is -1.75. The number of aromatic nitrogens is 2. The molecule has 1 aliphatic rings. The maximum atomic E-state index is 6.41. The van der Waals surface area contributed by atoms with Crippen LogP contribution < -0.4 is 11.1 Å². The molecule has 2 aromatic carbocycles. The first kappa shape index (κ1) is 17.7. The fourth-order valence-electron chi connectivity index (χ4n) is 3.67. The highest BCUT2D eigenvalue weighted by molar-refractivity contribution is 6.35. The minimum absolute atomic E-state index is 0.163. The number of hydrogen-bond donors (Lipinski definition) is 2. The van der Waals surface area contributed by atoms with Crippen LogP contribution >= 0.6 is 23.2 Å². The minimum Gasteiger partial charge on any atom is -0.351 e. The molecule has 0 unspecified atom stereocenters. The first-order chi connectivity index (χ1) is 12.6. The second-order valence-electron chi connectivity index (χ2n) is 6.95. The Kier molecular flexibility index (Phi) is 5.07. The van der Waals surface area contributed by atoms with Gasteiger partial charge in [-0.2, -0.15) is 0 Å². The lowest BCUT2D eigenvalue weighted by molar-refractivity contribution is 0.401. The molecule has 1 aliphatic carbocycles. The molecule has 1 heterocycles. The van der Waals surface area contributed by atoms with E-state index in [0.717, 1.165) is 35.4 Å². The van der Waals surface area contributed by atoms with Crippen LogP contribution in [0.5, 0.6) is 0 Å². The monoisotopic (exact) mass is 388 g/mol. The van der Waals surface area contributed by atoms with Crippen molar-refractivity contribution in [2.45, 2.75) is 44.3 Å². The van der Waals surface area contributed by atoms with Crippen LogP contribution in [0.2, 0.25) is 10.0 Å². The molecule has 6 heteroatoms. The number of rotatable bonds is 4. The maximum Gasteiger partial charge on any atom is 0.204 e. The van der Waals surface area contributed by atoms with E-state index in [9.17, 15) is 0 Å². The SMILES string of the molecule is N[C@@H]1CCCC[C@@H]1Nc1nc2ccccc2n1Cc1ccc(Cl)cc1Cl. The number of nitrogens with two attached hydrogens (primary N) is 1. The summed E-state index contributed by atoms with van der Waals surface area (Å²) in [5.41, 5.74) is 9.38. The maximum absolute atomic E-state index is 6.41. The van der Waals surface area contributed by atoms with Crippen LogP contribution in [0.3, 0.4) is 0 Å². The van der Waals surface area contributed by atoms with E-state index in [4.69, 9.17) is 33.9 Å². The van der Waals surface area contributed by atoms with E-state index in [1.54, 1.807) is 6.07 Å². The highest BCUT2D eigenvalue weighted by atomic mass is 35.5. The normalized spacial score (nSPS) is 20.4. The second-order valence-corrected chi connectivity index (χ2v) is 7.79. The quantitative estimate of drug-likeness (QED) is 0.655. The van der Waals surface area contributed by atoms with Crippen molar-refractivity contribution in [3.05, 3.63) is 58.1 Å². The highest BCUT2D eigenvalue weighted by Gasteiger charge is 2.24. The molecule has 4 nitrogen and oxygen atoms in total. The van der Waals surface area contributed by atoms with E-state index >= 15 is 0 Å². The van der Waals surface area contributed by atoms with E-state index in [2.05, 4.69) is 16.0 Å². The number of nitrogens with one attached hydrogen (secondary N) is 1. The van der Waals surface area contributed by atoms with Crippen LogP contribution in [-0.2, 0) is 6.54 Å². The smallest absolute Gasteiger partial charge is 0.204 e. The van der Waals surface area contributed by atoms with Crippen molar-refractivity contribution in [2.24, 2.45) is 5.73 Å². The van der Waals surface area contributed by atoms with Gasteiger partial charge in [-0.1, -0.05) is 54.2 Å². The van der Waals surface area contributed by atoms with Crippen molar-refractivity contribution < 1.29 is 0 Å². The lowest BCUT2D eigenvalue weighted by atomic mass is 9.91. The van der Waals surface area contributed by atoms with Crippen molar-refractivity contribution in [3.8, 4) is 0 Å². The van der Waals surface area contributed by atoms with Crippen LogP contribution in [0.15, 0.2) is 42.5 Å². The van der Waals surface area contributed by atoms with Crippen LogP contribution in [-0.4, -0.2) is 21.6 Å². The Morgan fingerprint density at radius 2 is 1.92 bits per heavy atom. The van der Waals surface area contributed by atoms with Crippen molar-refractivity contribution >= 4 is 40.2 Å². The van der Waals surface area contributed by atoms with Gasteiger partial charge in [0.15, 0.2) is 0 Å². The number of imidazole rings is 1. The number of halogens is 2. The van der Waals surface area contributed by atoms with Gasteiger partial charge in [0.1, 0.15) is 0 Å². The van der Waals surface area contributed by atoms with E-state index in [0.29, 0.717) is 16.6 Å². The molecular weight excluding hydrogens is 367 g/mol. The van der Waals surface area contributed by atoms with Gasteiger partial charge in [0.2, 0.25) is 5.95 Å². The predicted octanol–water partition coefficient (Wildman–Crippen LogP) is 5.07. The summed E-state index contributed by atoms with van der Waals surface area (Å²) in [5, 5.41) is 4.90. The average molecular weight is 389 g/mol. The van der Waals surface area contributed by atoms with Gasteiger partial charge in [-0.3, -0.25) is 0 Å². The van der Waals surface area contributed by atoms with Crippen LogP contribution in [0, 0.1) is 0 Å². The molecule has 3 aromatic rings. The lowest BCUT2D eigenvalue weighted by Crippen LogP contribution is -2.43. The zero-order valence-corrected chi connectivity index (χ0v) is 16.0. The third-order valence-corrected chi connectivity index (χ3v) is 5.72. The summed E-state index contributed by atoms with van der Waals surface area (Å²) in [7, 11) is 0. The number of hydrogen-bond acceptors (Lipinski definition) is 3. The van der Waals surface area contributed by atoms with Gasteiger partial charge in [-0.05, 0) is 42.7 Å². The molecule has 0 bridgehead atoms. The fourth-order valence-corrected chi connectivity index (χ4v) is 4.14. The van der Waals surface area contributed by atoms with E-state index in [1.807, 2.05) is 30.3 Å². The molecule has 2 atom stereocenters. The zero-order valence-electron chi connectivity index (χ0n) is 14.5. The van der Waals surface area contributed by atoms with Crippen molar-refractivity contribution in [1.82, 2.24) is 9.55 Å². The van der Waals surface area contributed by atoms with Gasteiger partial charge >= 0.3 is 0 Å². The predicted molar refractivity (Wildman–Crippen MR) is 109 cm³/mol. The van der Waals surface area contributed by atoms with Crippen molar-refractivity contribution in [2.75, 3.05) is 5.32 Å². The summed E-state index contributed by atoms with van der Waals surface area (Å²) in [6, 6.07) is 14.2. The Balaban J connectivity index is 1.71. The van der Waals surface area contributed by atoms with Gasteiger partial charge in [-0.15, -0.1) is 0 Å². The van der Waals surface area contributed by atoms with E-state index in [-0.39, 0.29) is 12.1 Å². The Labute approximate surface area is 163 Å². The topological polar surface area (TPSA) is 55.9 Å². The van der Waals surface area contributed by atoms with Gasteiger partial charge in [-0.25, -0.2) is 4.98 Å². The number of fused-ring (bicyclic) bond motifs is 1. The van der Waals surface area contributed by atoms with Crippen LogP contribution in [0.25, 0.3) is 11.0 Å². The molecule has 26 heavy (non-hydrogen) atoms. The lowest BCUT2D eigenvalue weighted by Gasteiger charge is -2.30. The van der Waals surface area contributed by atoms with Gasteiger partial charge in [0.25, 0.3) is 0 Å². The van der Waals surface area contributed by atoms with E-state index in [1.165, 1.54) is 12.8 Å². The number of para-hydroxylation sites is 2. The van der Waals surface area contributed by atoms with Crippen molar-refractivity contribution in [1.29, 1.82) is 0 Å². The molecule has 1 fully saturated rings. The van der Waals surface area contributed by atoms with Crippen LogP contribution in [0.4, 0.5) is 5.95 Å². The van der Waals surface area contributed by atoms with E-state index < -0.39 is 0 Å². The molecular formula is C20H22Cl2N4. The molecule has 0 amide bonds. The molecule has 1 aromatic heterocycles. The van der Waals surface area contributed by atoms with Gasteiger partial charge in [0.05, 0.1) is 17.6 Å². The van der Waals surface area contributed by atoms with Gasteiger partial charge < -0.3 is 15.6 Å². The summed E-state index contributed by atoms with van der Waals surface area (Å²) in [5.74, 6) is 0.847. The summed E-state index contributed by atoms with van der Waals surface area (Å²) < 4.78 is 2.17. The Morgan fingerprint density at radius 1 is 1.12 bits per heavy atom. The zero-order chi connectivity index (χ0) is 18.1.